The van der Waals surface area contributed by atoms with Crippen LogP contribution in [0.3, 0.4) is 0 Å². The number of nitrogens with two attached hydrogens (primary N) is 1. The van der Waals surface area contributed by atoms with Crippen LogP contribution in [0, 0.1) is 0 Å². The van der Waals surface area contributed by atoms with E-state index in [1.807, 2.05) is 0 Å². The lowest BCUT2D eigenvalue weighted by atomic mass is 10.1. The summed E-state index contributed by atoms with van der Waals surface area (Å²) in [5.74, 6) is 0.447. The summed E-state index contributed by atoms with van der Waals surface area (Å²) < 4.78 is 22.9. The van der Waals surface area contributed by atoms with Gasteiger partial charge in [0, 0.05) is 12.1 Å². The van der Waals surface area contributed by atoms with Crippen LogP contribution in [0.1, 0.15) is 25.7 Å². The first-order valence-corrected chi connectivity index (χ1v) is 7.61. The fourth-order valence-corrected chi connectivity index (χ4v) is 4.58. The molecule has 2 aliphatic heterocycles. The molecule has 0 aromatic carbocycles. The normalized spacial score (nSPS) is 37.7. The van der Waals surface area contributed by atoms with E-state index in [0.29, 0.717) is 0 Å². The zero-order chi connectivity index (χ0) is 10.9. The molecule has 4 nitrogen and oxygen atoms in total. The molecule has 0 aromatic heterocycles. The summed E-state index contributed by atoms with van der Waals surface area (Å²) in [6.07, 6.45) is 4.91. The van der Waals surface area contributed by atoms with E-state index in [9.17, 15) is 8.42 Å². The zero-order valence-corrected chi connectivity index (χ0v) is 9.88. The van der Waals surface area contributed by atoms with Gasteiger partial charge in [0.25, 0.3) is 0 Å². The van der Waals surface area contributed by atoms with E-state index in [4.69, 9.17) is 5.73 Å². The number of sulfone groups is 1. The largest absolute Gasteiger partial charge is 0.325 e. The number of nitrogens with zero attached hydrogens (tertiary/aromatic N) is 1. The van der Waals surface area contributed by atoms with Crippen molar-refractivity contribution < 1.29 is 8.42 Å². The van der Waals surface area contributed by atoms with E-state index in [2.05, 4.69) is 4.90 Å². The minimum absolute atomic E-state index is 0.0769. The Morgan fingerprint density at radius 3 is 2.07 bits per heavy atom. The molecule has 2 rings (SSSR count). The fourth-order valence-electron chi connectivity index (χ4n) is 2.66. The molecule has 2 N–H and O–H groups in total. The van der Waals surface area contributed by atoms with Crippen LogP contribution >= 0.6 is 0 Å². The van der Waals surface area contributed by atoms with Crippen LogP contribution in [0.2, 0.25) is 0 Å². The maximum atomic E-state index is 11.5. The highest BCUT2D eigenvalue weighted by molar-refractivity contribution is 7.91. The predicted octanol–water partition coefficient (Wildman–Crippen LogP) is -0.0133. The van der Waals surface area contributed by atoms with Crippen molar-refractivity contribution in [3.63, 3.8) is 0 Å². The lowest BCUT2D eigenvalue weighted by molar-refractivity contribution is 0.206. The lowest BCUT2D eigenvalue weighted by Crippen LogP contribution is -2.47. The third kappa shape index (κ3) is 2.71. The summed E-state index contributed by atoms with van der Waals surface area (Å²) >= 11 is 0. The highest BCUT2D eigenvalue weighted by Gasteiger charge is 2.38. The van der Waals surface area contributed by atoms with Gasteiger partial charge in [-0.2, -0.15) is 0 Å². The predicted molar refractivity (Wildman–Crippen MR) is 60.5 cm³/mol. The number of rotatable bonds is 1. The summed E-state index contributed by atoms with van der Waals surface area (Å²) in [6, 6.07) is -0.0961. The van der Waals surface area contributed by atoms with Crippen molar-refractivity contribution >= 4 is 9.84 Å². The molecule has 0 amide bonds. The molecule has 2 unspecified atom stereocenters. The molecule has 0 saturated carbocycles. The third-order valence-corrected chi connectivity index (χ3v) is 5.22. The third-order valence-electron chi connectivity index (χ3n) is 3.47. The van der Waals surface area contributed by atoms with E-state index in [1.165, 1.54) is 25.7 Å². The minimum Gasteiger partial charge on any atom is -0.325 e. The molecule has 0 aromatic rings. The Hall–Kier alpha value is -0.130. The molecule has 2 fully saturated rings. The van der Waals surface area contributed by atoms with E-state index < -0.39 is 9.84 Å². The van der Waals surface area contributed by atoms with Crippen molar-refractivity contribution in [3.8, 4) is 0 Å². The van der Waals surface area contributed by atoms with Gasteiger partial charge in [-0.3, -0.25) is 4.90 Å². The average molecular weight is 232 g/mol. The van der Waals surface area contributed by atoms with Gasteiger partial charge in [0.05, 0.1) is 11.5 Å². The van der Waals surface area contributed by atoms with Crippen molar-refractivity contribution in [2.75, 3.05) is 24.6 Å². The SMILES string of the molecule is NC1CS(=O)(=O)CC1N1CCCCCC1. The number of likely N-dealkylation sites (tertiary alicyclic amines) is 1. The maximum absolute atomic E-state index is 11.5. The Morgan fingerprint density at radius 2 is 1.60 bits per heavy atom. The lowest BCUT2D eigenvalue weighted by Gasteiger charge is -2.29. The molecule has 0 bridgehead atoms. The molecule has 2 aliphatic rings. The Labute approximate surface area is 91.7 Å². The Morgan fingerprint density at radius 1 is 1.00 bits per heavy atom. The first-order chi connectivity index (χ1) is 7.08. The molecule has 0 spiro atoms. The molecule has 2 heterocycles. The second-order valence-electron chi connectivity index (χ2n) is 4.76. The second kappa shape index (κ2) is 4.39. The quantitative estimate of drug-likeness (QED) is 0.690. The van der Waals surface area contributed by atoms with Crippen molar-refractivity contribution in [1.29, 1.82) is 0 Å². The van der Waals surface area contributed by atoms with E-state index >= 15 is 0 Å². The van der Waals surface area contributed by atoms with E-state index in [0.717, 1.165) is 13.1 Å². The van der Waals surface area contributed by atoms with Gasteiger partial charge >= 0.3 is 0 Å². The molecule has 2 atom stereocenters. The number of hydrogen-bond donors (Lipinski definition) is 1. The monoisotopic (exact) mass is 232 g/mol. The van der Waals surface area contributed by atoms with Crippen LogP contribution in [-0.2, 0) is 9.84 Å². The highest BCUT2D eigenvalue weighted by atomic mass is 32.2. The standard InChI is InChI=1S/C10H20N2O2S/c11-9-7-15(13,14)8-10(9)12-5-3-1-2-4-6-12/h9-10H,1-8,11H2. The number of hydrogen-bond acceptors (Lipinski definition) is 4. The smallest absolute Gasteiger partial charge is 0.153 e. The summed E-state index contributed by atoms with van der Waals surface area (Å²) in [5.41, 5.74) is 5.92. The van der Waals surface area contributed by atoms with Gasteiger partial charge < -0.3 is 5.73 Å². The maximum Gasteiger partial charge on any atom is 0.153 e. The molecule has 5 heteroatoms. The zero-order valence-electron chi connectivity index (χ0n) is 9.06. The van der Waals surface area contributed by atoms with Crippen LogP contribution < -0.4 is 5.73 Å². The van der Waals surface area contributed by atoms with Crippen molar-refractivity contribution in [1.82, 2.24) is 4.90 Å². The summed E-state index contributed by atoms with van der Waals surface area (Å²) in [5, 5.41) is 0. The van der Waals surface area contributed by atoms with E-state index in [-0.39, 0.29) is 23.6 Å². The van der Waals surface area contributed by atoms with E-state index in [1.54, 1.807) is 0 Å². The topological polar surface area (TPSA) is 63.4 Å². The molecule has 88 valence electrons. The average Bonchev–Trinajstić information content (AvgIpc) is 2.41. The van der Waals surface area contributed by atoms with Gasteiger partial charge in [-0.05, 0) is 25.9 Å². The first-order valence-electron chi connectivity index (χ1n) is 5.78. The molecular formula is C10H20N2O2S. The molecule has 2 saturated heterocycles. The molecule has 15 heavy (non-hydrogen) atoms. The Kier molecular flexibility index (Phi) is 3.33. The van der Waals surface area contributed by atoms with Crippen molar-refractivity contribution in [3.05, 3.63) is 0 Å². The Bertz CT molecular complexity index is 307. The summed E-state index contributed by atoms with van der Waals surface area (Å²) in [7, 11) is -2.87. The fraction of sp³-hybridized carbons (Fsp3) is 1.00. The first kappa shape index (κ1) is 11.4. The van der Waals surface area contributed by atoms with Crippen LogP contribution in [-0.4, -0.2) is 50.0 Å². The molecule has 0 aliphatic carbocycles. The van der Waals surface area contributed by atoms with Crippen molar-refractivity contribution in [2.24, 2.45) is 5.73 Å². The Balaban J connectivity index is 2.03. The summed E-state index contributed by atoms with van der Waals surface area (Å²) in [6.45, 7) is 2.04. The van der Waals surface area contributed by atoms with Gasteiger partial charge in [0.15, 0.2) is 9.84 Å². The van der Waals surface area contributed by atoms with Gasteiger partial charge in [-0.15, -0.1) is 0 Å². The van der Waals surface area contributed by atoms with Gasteiger partial charge in [-0.1, -0.05) is 12.8 Å². The van der Waals surface area contributed by atoms with Crippen LogP contribution in [0.25, 0.3) is 0 Å². The highest BCUT2D eigenvalue weighted by Crippen LogP contribution is 2.20. The van der Waals surface area contributed by atoms with Gasteiger partial charge in [0.1, 0.15) is 0 Å². The molecular weight excluding hydrogens is 212 g/mol. The van der Waals surface area contributed by atoms with Gasteiger partial charge in [0.2, 0.25) is 0 Å². The molecule has 0 radical (unpaired) electrons. The second-order valence-corrected chi connectivity index (χ2v) is 6.91. The summed E-state index contributed by atoms with van der Waals surface area (Å²) in [4.78, 5) is 2.29. The van der Waals surface area contributed by atoms with Crippen LogP contribution in [0.4, 0.5) is 0 Å². The minimum atomic E-state index is -2.87. The van der Waals surface area contributed by atoms with Crippen LogP contribution in [0.5, 0.6) is 0 Å². The van der Waals surface area contributed by atoms with Crippen molar-refractivity contribution in [2.45, 2.75) is 37.8 Å². The van der Waals surface area contributed by atoms with Crippen LogP contribution in [0.15, 0.2) is 0 Å². The van der Waals surface area contributed by atoms with Gasteiger partial charge in [-0.25, -0.2) is 8.42 Å².